The second-order valence-electron chi connectivity index (χ2n) is 4.03. The number of rotatable bonds is 7. The van der Waals surface area contributed by atoms with Gasteiger partial charge in [0.15, 0.2) is 5.78 Å². The van der Waals surface area contributed by atoms with Gasteiger partial charge in [-0.2, -0.15) is 0 Å². The fourth-order valence-corrected chi connectivity index (χ4v) is 2.45. The first kappa shape index (κ1) is 15.8. The average Bonchev–Trinajstić information content (AvgIpc) is 2.41. The van der Waals surface area contributed by atoms with Crippen molar-refractivity contribution in [3.8, 4) is 0 Å². The normalized spacial score (nSPS) is 11.9. The molecule has 0 aromatic heterocycles. The third-order valence-electron chi connectivity index (χ3n) is 2.75. The Labute approximate surface area is 118 Å². The molecule has 0 heterocycles. The van der Waals surface area contributed by atoms with Crippen LogP contribution in [0.25, 0.3) is 0 Å². The molecule has 0 fully saturated rings. The molecule has 1 aromatic rings. The van der Waals surface area contributed by atoms with Gasteiger partial charge >= 0.3 is 5.97 Å². The van der Waals surface area contributed by atoms with Crippen molar-refractivity contribution in [1.82, 2.24) is 0 Å². The number of carbonyl (C=O) groups excluding carboxylic acids is 2. The molecule has 0 aliphatic heterocycles. The number of hydrogen-bond donors (Lipinski definition) is 0. The van der Waals surface area contributed by atoms with E-state index in [1.54, 1.807) is 30.8 Å². The van der Waals surface area contributed by atoms with Crippen LogP contribution in [0.15, 0.2) is 29.2 Å². The van der Waals surface area contributed by atoms with E-state index in [0.29, 0.717) is 18.6 Å². The molecular weight excluding hydrogens is 260 g/mol. The maximum Gasteiger partial charge on any atom is 0.316 e. The molecule has 1 atom stereocenters. The molecule has 1 rings (SSSR count). The lowest BCUT2D eigenvalue weighted by atomic mass is 9.95. The van der Waals surface area contributed by atoms with Gasteiger partial charge in [-0.3, -0.25) is 9.59 Å². The van der Waals surface area contributed by atoms with Crippen LogP contribution in [0.4, 0.5) is 0 Å². The summed E-state index contributed by atoms with van der Waals surface area (Å²) in [5.74, 6) is -0.283. The molecule has 0 amide bonds. The highest BCUT2D eigenvalue weighted by Gasteiger charge is 2.26. The minimum Gasteiger partial charge on any atom is -0.465 e. The van der Waals surface area contributed by atoms with Gasteiger partial charge in [0.1, 0.15) is 5.92 Å². The van der Waals surface area contributed by atoms with Crippen molar-refractivity contribution in [2.24, 2.45) is 5.92 Å². The fourth-order valence-electron chi connectivity index (χ4n) is 1.79. The summed E-state index contributed by atoms with van der Waals surface area (Å²) in [5.41, 5.74) is 0.570. The molecule has 1 aromatic carbocycles. The Hall–Kier alpha value is -1.29. The number of benzene rings is 1. The van der Waals surface area contributed by atoms with E-state index in [2.05, 4.69) is 6.92 Å². The van der Waals surface area contributed by atoms with Gasteiger partial charge in [0.2, 0.25) is 0 Å². The Bertz CT molecular complexity index is 426. The van der Waals surface area contributed by atoms with Gasteiger partial charge in [-0.25, -0.2) is 0 Å². The summed E-state index contributed by atoms with van der Waals surface area (Å²) in [6, 6.07) is 7.39. The molecule has 0 N–H and O–H groups in total. The minimum atomic E-state index is -0.690. The number of carbonyl (C=O) groups is 2. The first-order valence-electron chi connectivity index (χ1n) is 6.57. The number of esters is 1. The molecule has 0 aliphatic carbocycles. The molecule has 104 valence electrons. The number of ether oxygens (including phenoxy) is 1. The van der Waals surface area contributed by atoms with E-state index in [4.69, 9.17) is 4.74 Å². The zero-order chi connectivity index (χ0) is 14.3. The lowest BCUT2D eigenvalue weighted by Crippen LogP contribution is -2.25. The predicted octanol–water partition coefficient (Wildman–Crippen LogP) is 3.57. The second-order valence-corrected chi connectivity index (χ2v) is 5.37. The Morgan fingerprint density at radius 3 is 2.26 bits per heavy atom. The summed E-state index contributed by atoms with van der Waals surface area (Å²) in [7, 11) is 0. The second kappa shape index (κ2) is 8.00. The molecule has 0 radical (unpaired) electrons. The van der Waals surface area contributed by atoms with E-state index in [1.165, 1.54) is 0 Å². The van der Waals surface area contributed by atoms with Crippen LogP contribution in [-0.4, -0.2) is 24.1 Å². The van der Waals surface area contributed by atoms with Crippen molar-refractivity contribution in [3.63, 3.8) is 0 Å². The highest BCUT2D eigenvalue weighted by atomic mass is 32.2. The van der Waals surface area contributed by atoms with Gasteiger partial charge in [0.25, 0.3) is 0 Å². The monoisotopic (exact) mass is 280 g/mol. The van der Waals surface area contributed by atoms with Crippen molar-refractivity contribution in [3.05, 3.63) is 29.8 Å². The van der Waals surface area contributed by atoms with Crippen LogP contribution in [-0.2, 0) is 9.53 Å². The highest BCUT2D eigenvalue weighted by molar-refractivity contribution is 7.99. The molecule has 0 bridgehead atoms. The smallest absolute Gasteiger partial charge is 0.316 e. The molecule has 1 unspecified atom stereocenters. The number of hydrogen-bond acceptors (Lipinski definition) is 4. The van der Waals surface area contributed by atoms with Crippen LogP contribution in [0.1, 0.15) is 37.6 Å². The van der Waals surface area contributed by atoms with Crippen LogP contribution < -0.4 is 0 Å². The first-order chi connectivity index (χ1) is 9.13. The van der Waals surface area contributed by atoms with E-state index in [1.807, 2.05) is 19.1 Å². The summed E-state index contributed by atoms with van der Waals surface area (Å²) in [6.45, 7) is 5.94. The predicted molar refractivity (Wildman–Crippen MR) is 77.6 cm³/mol. The van der Waals surface area contributed by atoms with Gasteiger partial charge in [-0.1, -0.05) is 26.0 Å². The van der Waals surface area contributed by atoms with Gasteiger partial charge in [-0.05, 0) is 31.2 Å². The minimum absolute atomic E-state index is 0.158. The quantitative estimate of drug-likeness (QED) is 0.331. The average molecular weight is 280 g/mol. The fraction of sp³-hybridized carbons (Fsp3) is 0.467. The summed E-state index contributed by atoms with van der Waals surface area (Å²) in [5, 5.41) is 0. The van der Waals surface area contributed by atoms with Crippen LogP contribution >= 0.6 is 11.8 Å². The Kier molecular flexibility index (Phi) is 6.64. The Morgan fingerprint density at radius 1 is 1.16 bits per heavy atom. The zero-order valence-corrected chi connectivity index (χ0v) is 12.5. The lowest BCUT2D eigenvalue weighted by molar-refractivity contribution is -0.146. The van der Waals surface area contributed by atoms with Gasteiger partial charge < -0.3 is 4.74 Å². The molecule has 0 spiro atoms. The third-order valence-corrected chi connectivity index (χ3v) is 3.64. The molecule has 0 aliphatic rings. The SMILES string of the molecule is CCOC(=O)C(CC)C(=O)c1ccc(SCC)cc1. The van der Waals surface area contributed by atoms with Crippen molar-refractivity contribution >= 4 is 23.5 Å². The maximum atomic E-state index is 12.3. The van der Waals surface area contributed by atoms with Crippen molar-refractivity contribution in [2.75, 3.05) is 12.4 Å². The largest absolute Gasteiger partial charge is 0.465 e. The van der Waals surface area contributed by atoms with Gasteiger partial charge in [0.05, 0.1) is 6.61 Å². The standard InChI is InChI=1S/C15H20O3S/c1-4-13(15(17)18-5-2)14(16)11-7-9-12(10-8-11)19-6-3/h7-10,13H,4-6H2,1-3H3. The molecule has 4 heteroatoms. The van der Waals surface area contributed by atoms with Crippen LogP contribution in [0.3, 0.4) is 0 Å². The first-order valence-corrected chi connectivity index (χ1v) is 7.56. The number of ketones is 1. The van der Waals surface area contributed by atoms with E-state index in [0.717, 1.165) is 10.6 Å². The summed E-state index contributed by atoms with van der Waals surface area (Å²) in [4.78, 5) is 25.1. The summed E-state index contributed by atoms with van der Waals surface area (Å²) < 4.78 is 4.94. The summed E-state index contributed by atoms with van der Waals surface area (Å²) in [6.07, 6.45) is 0.461. The number of thioether (sulfide) groups is 1. The molecular formula is C15H20O3S. The Morgan fingerprint density at radius 2 is 1.79 bits per heavy atom. The van der Waals surface area contributed by atoms with Gasteiger partial charge in [-0.15, -0.1) is 11.8 Å². The molecule has 3 nitrogen and oxygen atoms in total. The van der Waals surface area contributed by atoms with Crippen LogP contribution in [0, 0.1) is 5.92 Å². The van der Waals surface area contributed by atoms with Crippen LogP contribution in [0.5, 0.6) is 0 Å². The van der Waals surface area contributed by atoms with Crippen molar-refractivity contribution in [2.45, 2.75) is 32.1 Å². The topological polar surface area (TPSA) is 43.4 Å². The Balaban J connectivity index is 2.82. The highest BCUT2D eigenvalue weighted by Crippen LogP contribution is 2.20. The van der Waals surface area contributed by atoms with E-state index >= 15 is 0 Å². The number of Topliss-reactive ketones (excluding diaryl/α,β-unsaturated/α-hetero) is 1. The third kappa shape index (κ3) is 4.39. The maximum absolute atomic E-state index is 12.3. The van der Waals surface area contributed by atoms with Crippen molar-refractivity contribution in [1.29, 1.82) is 0 Å². The zero-order valence-electron chi connectivity index (χ0n) is 11.6. The van der Waals surface area contributed by atoms with Crippen LogP contribution in [0.2, 0.25) is 0 Å². The van der Waals surface area contributed by atoms with Gasteiger partial charge in [0, 0.05) is 10.5 Å². The molecule has 19 heavy (non-hydrogen) atoms. The lowest BCUT2D eigenvalue weighted by Gasteiger charge is -2.12. The molecule has 0 saturated heterocycles. The van der Waals surface area contributed by atoms with E-state index in [9.17, 15) is 9.59 Å². The molecule has 0 saturated carbocycles. The summed E-state index contributed by atoms with van der Waals surface area (Å²) >= 11 is 1.72. The van der Waals surface area contributed by atoms with E-state index in [-0.39, 0.29) is 5.78 Å². The van der Waals surface area contributed by atoms with Crippen molar-refractivity contribution < 1.29 is 14.3 Å². The van der Waals surface area contributed by atoms with E-state index < -0.39 is 11.9 Å².